The standard InChI is InChI=1S/C21H28N4O3/c1-15-8-12-24(13-9-15)17-6-4-16(5-7-17)22-18(26)14-25-19(27)21(23-20(25)28)10-2-3-11-21/h4-7,15H,2-3,8-14H2,1H3,(H,22,26)(H,23,28). The molecule has 150 valence electrons. The number of anilines is 2. The highest BCUT2D eigenvalue weighted by Crippen LogP contribution is 2.35. The van der Waals surface area contributed by atoms with Crippen molar-refractivity contribution in [1.82, 2.24) is 10.2 Å². The molecule has 1 aromatic carbocycles. The molecule has 2 heterocycles. The minimum Gasteiger partial charge on any atom is -0.372 e. The van der Waals surface area contributed by atoms with Crippen LogP contribution in [-0.4, -0.2) is 47.9 Å². The first-order valence-corrected chi connectivity index (χ1v) is 10.3. The van der Waals surface area contributed by atoms with Crippen LogP contribution in [-0.2, 0) is 9.59 Å². The summed E-state index contributed by atoms with van der Waals surface area (Å²) in [4.78, 5) is 40.6. The fourth-order valence-electron chi connectivity index (χ4n) is 4.50. The van der Waals surface area contributed by atoms with E-state index in [-0.39, 0.29) is 18.4 Å². The van der Waals surface area contributed by atoms with Gasteiger partial charge in [-0.15, -0.1) is 0 Å². The molecule has 1 aliphatic carbocycles. The van der Waals surface area contributed by atoms with Crippen molar-refractivity contribution in [2.24, 2.45) is 5.92 Å². The van der Waals surface area contributed by atoms with Crippen molar-refractivity contribution in [2.75, 3.05) is 29.9 Å². The van der Waals surface area contributed by atoms with Crippen LogP contribution in [0, 0.1) is 5.92 Å². The highest BCUT2D eigenvalue weighted by atomic mass is 16.2. The lowest BCUT2D eigenvalue weighted by Gasteiger charge is -2.32. The van der Waals surface area contributed by atoms with Crippen molar-refractivity contribution in [3.63, 3.8) is 0 Å². The number of urea groups is 1. The Balaban J connectivity index is 1.34. The van der Waals surface area contributed by atoms with Crippen LogP contribution in [0.15, 0.2) is 24.3 Å². The highest BCUT2D eigenvalue weighted by Gasteiger charge is 2.52. The van der Waals surface area contributed by atoms with Gasteiger partial charge in [-0.05, 0) is 55.9 Å². The molecule has 2 saturated heterocycles. The van der Waals surface area contributed by atoms with Crippen molar-refractivity contribution in [2.45, 2.75) is 51.0 Å². The van der Waals surface area contributed by atoms with Gasteiger partial charge in [-0.1, -0.05) is 19.8 Å². The molecule has 1 saturated carbocycles. The van der Waals surface area contributed by atoms with Gasteiger partial charge in [0.25, 0.3) is 5.91 Å². The lowest BCUT2D eigenvalue weighted by Crippen LogP contribution is -2.44. The number of rotatable bonds is 4. The summed E-state index contributed by atoms with van der Waals surface area (Å²) in [5.41, 5.74) is 1.05. The number of carbonyl (C=O) groups excluding carboxylic acids is 3. The molecule has 0 bridgehead atoms. The largest absolute Gasteiger partial charge is 0.372 e. The Morgan fingerprint density at radius 3 is 2.43 bits per heavy atom. The van der Waals surface area contributed by atoms with Crippen LogP contribution in [0.5, 0.6) is 0 Å². The highest BCUT2D eigenvalue weighted by molar-refractivity contribution is 6.10. The minimum atomic E-state index is -0.773. The van der Waals surface area contributed by atoms with Gasteiger partial charge >= 0.3 is 6.03 Å². The van der Waals surface area contributed by atoms with Crippen LogP contribution in [0.4, 0.5) is 16.2 Å². The molecule has 0 atom stereocenters. The van der Waals surface area contributed by atoms with Crippen molar-refractivity contribution in [3.05, 3.63) is 24.3 Å². The minimum absolute atomic E-state index is 0.252. The number of nitrogens with zero attached hydrogens (tertiary/aromatic N) is 2. The SMILES string of the molecule is CC1CCN(c2ccc(NC(=O)CN3C(=O)NC4(CCCC4)C3=O)cc2)CC1. The van der Waals surface area contributed by atoms with Crippen molar-refractivity contribution in [3.8, 4) is 0 Å². The number of amides is 4. The third-order valence-corrected chi connectivity index (χ3v) is 6.30. The zero-order valence-corrected chi connectivity index (χ0v) is 16.4. The normalized spacial score (nSPS) is 22.0. The first-order chi connectivity index (χ1) is 13.5. The second-order valence-electron chi connectivity index (χ2n) is 8.38. The number of piperidine rings is 1. The molecule has 2 aliphatic heterocycles. The number of nitrogens with one attached hydrogen (secondary N) is 2. The van der Waals surface area contributed by atoms with E-state index < -0.39 is 11.6 Å². The van der Waals surface area contributed by atoms with Crippen LogP contribution >= 0.6 is 0 Å². The van der Waals surface area contributed by atoms with Gasteiger partial charge in [-0.3, -0.25) is 14.5 Å². The first-order valence-electron chi connectivity index (χ1n) is 10.3. The molecule has 2 N–H and O–H groups in total. The molecule has 1 spiro atoms. The molecule has 0 unspecified atom stereocenters. The molecule has 7 heteroatoms. The second kappa shape index (κ2) is 7.45. The fourth-order valence-corrected chi connectivity index (χ4v) is 4.50. The Kier molecular flexibility index (Phi) is 5.00. The Hall–Kier alpha value is -2.57. The maximum Gasteiger partial charge on any atom is 0.325 e. The number of hydrogen-bond donors (Lipinski definition) is 2. The maximum absolute atomic E-state index is 12.6. The summed E-state index contributed by atoms with van der Waals surface area (Å²) in [6.45, 7) is 4.15. The van der Waals surface area contributed by atoms with Gasteiger partial charge in [-0.25, -0.2) is 4.79 Å². The molecule has 4 rings (SSSR count). The number of imide groups is 1. The van der Waals surface area contributed by atoms with Crippen LogP contribution in [0.25, 0.3) is 0 Å². The van der Waals surface area contributed by atoms with Crippen molar-refractivity contribution < 1.29 is 14.4 Å². The summed E-state index contributed by atoms with van der Waals surface area (Å²) in [6.07, 6.45) is 5.57. The average Bonchev–Trinajstić information content (AvgIpc) is 3.24. The predicted octanol–water partition coefficient (Wildman–Crippen LogP) is 2.73. The second-order valence-corrected chi connectivity index (χ2v) is 8.38. The Bertz CT molecular complexity index is 762. The Morgan fingerprint density at radius 1 is 1.14 bits per heavy atom. The van der Waals surface area contributed by atoms with Gasteiger partial charge in [0.2, 0.25) is 5.91 Å². The third kappa shape index (κ3) is 3.57. The maximum atomic E-state index is 12.6. The van der Waals surface area contributed by atoms with Crippen LogP contribution in [0.1, 0.15) is 45.4 Å². The smallest absolute Gasteiger partial charge is 0.325 e. The monoisotopic (exact) mass is 384 g/mol. The van der Waals surface area contributed by atoms with E-state index in [9.17, 15) is 14.4 Å². The molecular weight excluding hydrogens is 356 g/mol. The van der Waals surface area contributed by atoms with Crippen LogP contribution < -0.4 is 15.5 Å². The van der Waals surface area contributed by atoms with Crippen molar-refractivity contribution in [1.29, 1.82) is 0 Å². The van der Waals surface area contributed by atoms with E-state index in [1.807, 2.05) is 24.3 Å². The zero-order chi connectivity index (χ0) is 19.7. The quantitative estimate of drug-likeness (QED) is 0.782. The third-order valence-electron chi connectivity index (χ3n) is 6.30. The summed E-state index contributed by atoms with van der Waals surface area (Å²) >= 11 is 0. The molecule has 3 aliphatic rings. The zero-order valence-electron chi connectivity index (χ0n) is 16.4. The van der Waals surface area contributed by atoms with Gasteiger partial charge in [0.1, 0.15) is 12.1 Å². The number of hydrogen-bond acceptors (Lipinski definition) is 4. The molecule has 1 aromatic rings. The van der Waals surface area contributed by atoms with Crippen molar-refractivity contribution >= 4 is 29.2 Å². The van der Waals surface area contributed by atoms with E-state index in [4.69, 9.17) is 0 Å². The summed E-state index contributed by atoms with van der Waals surface area (Å²) in [7, 11) is 0. The van der Waals surface area contributed by atoms with Gasteiger partial charge in [0.15, 0.2) is 0 Å². The molecule has 4 amide bonds. The van der Waals surface area contributed by atoms with Crippen LogP contribution in [0.2, 0.25) is 0 Å². The fraction of sp³-hybridized carbons (Fsp3) is 0.571. The molecule has 0 radical (unpaired) electrons. The van der Waals surface area contributed by atoms with E-state index in [0.717, 1.165) is 42.4 Å². The van der Waals surface area contributed by atoms with E-state index in [0.29, 0.717) is 18.5 Å². The van der Waals surface area contributed by atoms with Gasteiger partial charge in [0.05, 0.1) is 0 Å². The first kappa shape index (κ1) is 18.8. The van der Waals surface area contributed by atoms with E-state index in [1.165, 1.54) is 12.8 Å². The molecular formula is C21H28N4O3. The molecule has 28 heavy (non-hydrogen) atoms. The molecule has 0 aromatic heterocycles. The molecule has 7 nitrogen and oxygen atoms in total. The summed E-state index contributed by atoms with van der Waals surface area (Å²) in [5.74, 6) is 0.154. The van der Waals surface area contributed by atoms with Gasteiger partial charge in [0, 0.05) is 24.5 Å². The number of carbonyl (C=O) groups is 3. The Labute approximate surface area is 165 Å². The summed E-state index contributed by atoms with van der Waals surface area (Å²) in [5, 5.41) is 5.59. The van der Waals surface area contributed by atoms with E-state index in [1.54, 1.807) is 0 Å². The lowest BCUT2D eigenvalue weighted by molar-refractivity contribution is -0.133. The molecule has 3 fully saturated rings. The van der Waals surface area contributed by atoms with Gasteiger partial charge < -0.3 is 15.5 Å². The van der Waals surface area contributed by atoms with Gasteiger partial charge in [-0.2, -0.15) is 0 Å². The van der Waals surface area contributed by atoms with E-state index >= 15 is 0 Å². The average molecular weight is 384 g/mol. The van der Waals surface area contributed by atoms with E-state index in [2.05, 4.69) is 22.5 Å². The lowest BCUT2D eigenvalue weighted by atomic mass is 9.98. The number of benzene rings is 1. The Morgan fingerprint density at radius 2 is 1.79 bits per heavy atom. The van der Waals surface area contributed by atoms with Crippen LogP contribution in [0.3, 0.4) is 0 Å². The summed E-state index contributed by atoms with van der Waals surface area (Å²) in [6, 6.07) is 7.29. The topological polar surface area (TPSA) is 81.8 Å². The summed E-state index contributed by atoms with van der Waals surface area (Å²) < 4.78 is 0. The predicted molar refractivity (Wildman–Crippen MR) is 107 cm³/mol.